The predicted molar refractivity (Wildman–Crippen MR) is 135 cm³/mol. The summed E-state index contributed by atoms with van der Waals surface area (Å²) in [6.45, 7) is 3.77. The molecule has 4 heterocycles. The van der Waals surface area contributed by atoms with Crippen molar-refractivity contribution in [1.29, 1.82) is 0 Å². The highest BCUT2D eigenvalue weighted by Crippen LogP contribution is 2.30. The Balaban J connectivity index is 1.56. The molecular formula is C26H28FN5O5. The number of Topliss-reactive ketones (excluding diaryl/α,β-unsaturated/α-hetero) is 1. The van der Waals surface area contributed by atoms with Crippen molar-refractivity contribution in [3.8, 4) is 5.75 Å². The number of nitrogens with zero attached hydrogens (tertiary/aromatic N) is 5. The zero-order valence-electron chi connectivity index (χ0n) is 20.5. The number of fused-ring (bicyclic) bond motifs is 1. The Morgan fingerprint density at radius 3 is 2.54 bits per heavy atom. The van der Waals surface area contributed by atoms with Crippen LogP contribution in [0.5, 0.6) is 5.75 Å². The molecule has 0 atom stereocenters. The topological polar surface area (TPSA) is 108 Å². The van der Waals surface area contributed by atoms with Crippen LogP contribution in [0.25, 0.3) is 5.65 Å². The number of hydrogen-bond donors (Lipinski definition) is 1. The maximum atomic E-state index is 13.3. The second kappa shape index (κ2) is 10.2. The number of carbonyl (C=O) groups is 2. The third-order valence-corrected chi connectivity index (χ3v) is 6.82. The van der Waals surface area contributed by atoms with Gasteiger partial charge in [0.05, 0.1) is 18.0 Å². The van der Waals surface area contributed by atoms with Crippen molar-refractivity contribution < 1.29 is 23.8 Å². The molecule has 2 aromatic heterocycles. The number of benzene rings is 1. The standard InChI is InChI=1S/C26H28FN5O5/c1-29-10-12-30(13-11-29)19-15-20(31-9-2-14-37-26(31)36)24-28-22(23(34)25(35)32(24)16-19)21(33)8-5-17-3-6-18(27)7-4-17/h3-4,6-7,15-16,34H,2,5,8-14H2,1H3. The van der Waals surface area contributed by atoms with Gasteiger partial charge in [-0.15, -0.1) is 0 Å². The van der Waals surface area contributed by atoms with E-state index in [0.29, 0.717) is 30.9 Å². The fraction of sp³-hybridized carbons (Fsp3) is 0.385. The molecule has 5 rings (SSSR count). The number of halogens is 1. The van der Waals surface area contributed by atoms with Gasteiger partial charge in [0.2, 0.25) is 5.75 Å². The van der Waals surface area contributed by atoms with E-state index in [-0.39, 0.29) is 30.0 Å². The lowest BCUT2D eigenvalue weighted by molar-refractivity contribution is 0.0975. The van der Waals surface area contributed by atoms with E-state index in [1.54, 1.807) is 24.4 Å². The Labute approximate surface area is 212 Å². The zero-order valence-corrected chi connectivity index (χ0v) is 20.5. The number of aromatic hydroxyl groups is 1. The van der Waals surface area contributed by atoms with Gasteiger partial charge in [-0.3, -0.25) is 18.9 Å². The van der Waals surface area contributed by atoms with Crippen LogP contribution in [0.4, 0.5) is 20.6 Å². The third kappa shape index (κ3) is 4.99. The first-order valence-electron chi connectivity index (χ1n) is 12.3. The lowest BCUT2D eigenvalue weighted by Gasteiger charge is -2.35. The molecule has 2 saturated heterocycles. The van der Waals surface area contributed by atoms with E-state index in [2.05, 4.69) is 14.8 Å². The van der Waals surface area contributed by atoms with Crippen LogP contribution in [0.3, 0.4) is 0 Å². The molecule has 1 aromatic carbocycles. The van der Waals surface area contributed by atoms with Gasteiger partial charge in [0.1, 0.15) is 5.82 Å². The number of amides is 1. The van der Waals surface area contributed by atoms with Crippen LogP contribution >= 0.6 is 0 Å². The smallest absolute Gasteiger partial charge is 0.414 e. The van der Waals surface area contributed by atoms with Gasteiger partial charge < -0.3 is 19.6 Å². The number of carbonyl (C=O) groups excluding carboxylic acids is 2. The van der Waals surface area contributed by atoms with Gasteiger partial charge >= 0.3 is 11.7 Å². The molecule has 10 nitrogen and oxygen atoms in total. The molecule has 11 heteroatoms. The minimum absolute atomic E-state index is 0.0394. The summed E-state index contributed by atoms with van der Waals surface area (Å²) in [6.07, 6.45) is 1.87. The van der Waals surface area contributed by atoms with Crippen molar-refractivity contribution in [1.82, 2.24) is 14.3 Å². The summed E-state index contributed by atoms with van der Waals surface area (Å²) in [7, 11) is 2.04. The van der Waals surface area contributed by atoms with E-state index in [0.717, 1.165) is 31.7 Å². The number of pyridine rings is 1. The van der Waals surface area contributed by atoms with E-state index < -0.39 is 23.2 Å². The molecule has 0 radical (unpaired) electrons. The summed E-state index contributed by atoms with van der Waals surface area (Å²) in [5.74, 6) is -1.65. The van der Waals surface area contributed by atoms with Gasteiger partial charge in [-0.25, -0.2) is 14.2 Å². The van der Waals surface area contributed by atoms with E-state index in [1.807, 2.05) is 7.05 Å². The number of likely N-dealkylation sites (N-methyl/N-ethyl adjacent to an activating group) is 1. The number of ketones is 1. The SMILES string of the molecule is CN1CCN(c2cc(N3CCCOC3=O)c3nc(C(=O)CCc4ccc(F)cc4)c(O)c(=O)n3c2)CC1. The largest absolute Gasteiger partial charge is 0.501 e. The molecule has 1 N–H and O–H groups in total. The highest BCUT2D eigenvalue weighted by Gasteiger charge is 2.28. The maximum Gasteiger partial charge on any atom is 0.414 e. The van der Waals surface area contributed by atoms with Crippen LogP contribution in [0, 0.1) is 5.82 Å². The van der Waals surface area contributed by atoms with E-state index >= 15 is 0 Å². The molecule has 2 fully saturated rings. The highest BCUT2D eigenvalue weighted by atomic mass is 19.1. The van der Waals surface area contributed by atoms with Crippen molar-refractivity contribution in [2.24, 2.45) is 0 Å². The first-order valence-corrected chi connectivity index (χ1v) is 12.3. The Kier molecular flexibility index (Phi) is 6.79. The van der Waals surface area contributed by atoms with Crippen molar-refractivity contribution in [2.75, 3.05) is 56.2 Å². The summed E-state index contributed by atoms with van der Waals surface area (Å²) < 4.78 is 19.6. The summed E-state index contributed by atoms with van der Waals surface area (Å²) in [5.41, 5.74) is 0.715. The van der Waals surface area contributed by atoms with Gasteiger partial charge in [0, 0.05) is 45.3 Å². The average molecular weight is 510 g/mol. The number of ether oxygens (including phenoxy) is 1. The van der Waals surface area contributed by atoms with Crippen LogP contribution in [0.15, 0.2) is 41.3 Å². The van der Waals surface area contributed by atoms with Gasteiger partial charge in [-0.1, -0.05) is 12.1 Å². The van der Waals surface area contributed by atoms with Crippen LogP contribution in [-0.4, -0.2) is 77.6 Å². The number of rotatable bonds is 6. The van der Waals surface area contributed by atoms with E-state index in [9.17, 15) is 23.9 Å². The monoisotopic (exact) mass is 509 g/mol. The van der Waals surface area contributed by atoms with Gasteiger partial charge in [0.25, 0.3) is 0 Å². The van der Waals surface area contributed by atoms with Crippen LogP contribution in [-0.2, 0) is 11.2 Å². The molecular weight excluding hydrogens is 481 g/mol. The summed E-state index contributed by atoms with van der Waals surface area (Å²) in [6, 6.07) is 7.54. The molecule has 2 aliphatic rings. The molecule has 37 heavy (non-hydrogen) atoms. The first-order chi connectivity index (χ1) is 17.8. The van der Waals surface area contributed by atoms with Crippen molar-refractivity contribution >= 4 is 28.9 Å². The van der Waals surface area contributed by atoms with Crippen molar-refractivity contribution in [3.63, 3.8) is 0 Å². The number of aromatic nitrogens is 2. The normalized spacial score (nSPS) is 16.8. The number of aryl methyl sites for hydroxylation is 1. The maximum absolute atomic E-state index is 13.3. The predicted octanol–water partition coefficient (Wildman–Crippen LogP) is 2.45. The minimum Gasteiger partial charge on any atom is -0.501 e. The quantitative estimate of drug-likeness (QED) is 0.505. The molecule has 2 aliphatic heterocycles. The van der Waals surface area contributed by atoms with Gasteiger partial charge in [0.15, 0.2) is 17.1 Å². The lowest BCUT2D eigenvalue weighted by atomic mass is 10.1. The van der Waals surface area contributed by atoms with E-state index in [4.69, 9.17) is 4.74 Å². The van der Waals surface area contributed by atoms with Crippen molar-refractivity contribution in [3.05, 3.63) is 64.0 Å². The van der Waals surface area contributed by atoms with Crippen LogP contribution < -0.4 is 15.4 Å². The third-order valence-electron chi connectivity index (χ3n) is 6.82. The summed E-state index contributed by atoms with van der Waals surface area (Å²) >= 11 is 0. The fourth-order valence-corrected chi connectivity index (χ4v) is 4.63. The number of anilines is 2. The molecule has 0 spiro atoms. The van der Waals surface area contributed by atoms with Gasteiger partial charge in [-0.2, -0.15) is 0 Å². The molecule has 0 unspecified atom stereocenters. The average Bonchev–Trinajstić information content (AvgIpc) is 2.90. The highest BCUT2D eigenvalue weighted by molar-refractivity contribution is 5.99. The summed E-state index contributed by atoms with van der Waals surface area (Å²) in [5, 5.41) is 10.7. The molecule has 194 valence electrons. The number of piperazine rings is 1. The second-order valence-electron chi connectivity index (χ2n) is 9.35. The molecule has 0 bridgehead atoms. The number of hydrogen-bond acceptors (Lipinski definition) is 8. The van der Waals surface area contributed by atoms with Crippen LogP contribution in [0.2, 0.25) is 0 Å². The van der Waals surface area contributed by atoms with Crippen LogP contribution in [0.1, 0.15) is 28.9 Å². The fourth-order valence-electron chi connectivity index (χ4n) is 4.63. The Morgan fingerprint density at radius 1 is 1.11 bits per heavy atom. The molecule has 0 aliphatic carbocycles. The first kappa shape index (κ1) is 24.7. The molecule has 1 amide bonds. The second-order valence-corrected chi connectivity index (χ2v) is 9.35. The van der Waals surface area contributed by atoms with Crippen molar-refractivity contribution in [2.45, 2.75) is 19.3 Å². The zero-order chi connectivity index (χ0) is 26.1. The molecule has 0 saturated carbocycles. The molecule has 3 aromatic rings. The Morgan fingerprint density at radius 2 is 1.84 bits per heavy atom. The minimum atomic E-state index is -0.794. The van der Waals surface area contributed by atoms with Gasteiger partial charge in [-0.05, 0) is 43.7 Å². The summed E-state index contributed by atoms with van der Waals surface area (Å²) in [4.78, 5) is 49.1. The number of cyclic esters (lactones) is 1. The Bertz CT molecular complexity index is 1400. The van der Waals surface area contributed by atoms with E-state index in [1.165, 1.54) is 21.4 Å². The lowest BCUT2D eigenvalue weighted by Crippen LogP contribution is -2.45. The Hall–Kier alpha value is -3.99.